The van der Waals surface area contributed by atoms with Crippen LogP contribution in [0.25, 0.3) is 11.3 Å². The van der Waals surface area contributed by atoms with Crippen LogP contribution in [0.15, 0.2) is 42.6 Å². The van der Waals surface area contributed by atoms with E-state index in [4.69, 9.17) is 9.47 Å². The van der Waals surface area contributed by atoms with Crippen LogP contribution in [0, 0.1) is 12.8 Å². The van der Waals surface area contributed by atoms with Crippen molar-refractivity contribution in [3.8, 4) is 11.3 Å². The molecule has 0 amide bonds. The standard InChI is InChI=1S/C23H27NO5/c1-16-8-10-17(11-9-16)19-7-6-14-24(19)23(12-4-5-13-23)20(25)15-18(21(26)28-2)22(27)29-3/h6-11,14,18H,4-5,12-13,15H2,1-3H3. The summed E-state index contributed by atoms with van der Waals surface area (Å²) < 4.78 is 11.5. The first kappa shape index (κ1) is 20.8. The van der Waals surface area contributed by atoms with Crippen LogP contribution in [0.1, 0.15) is 37.7 Å². The van der Waals surface area contributed by atoms with E-state index < -0.39 is 23.4 Å². The van der Waals surface area contributed by atoms with Crippen LogP contribution in [-0.2, 0) is 29.4 Å². The van der Waals surface area contributed by atoms with Crippen LogP contribution in [0.2, 0.25) is 0 Å². The van der Waals surface area contributed by atoms with E-state index in [2.05, 4.69) is 0 Å². The van der Waals surface area contributed by atoms with Crippen molar-refractivity contribution < 1.29 is 23.9 Å². The Bertz CT molecular complexity index is 874. The molecule has 0 unspecified atom stereocenters. The molecule has 0 saturated heterocycles. The van der Waals surface area contributed by atoms with Gasteiger partial charge in [0.1, 0.15) is 5.54 Å². The van der Waals surface area contributed by atoms with Gasteiger partial charge in [0.15, 0.2) is 11.7 Å². The summed E-state index contributed by atoms with van der Waals surface area (Å²) in [5, 5.41) is 0. The van der Waals surface area contributed by atoms with E-state index in [0.717, 1.165) is 29.7 Å². The van der Waals surface area contributed by atoms with Crippen LogP contribution in [0.3, 0.4) is 0 Å². The first-order chi connectivity index (χ1) is 13.9. The van der Waals surface area contributed by atoms with Crippen molar-refractivity contribution in [1.82, 2.24) is 4.57 Å². The predicted octanol–water partition coefficient (Wildman–Crippen LogP) is 3.65. The summed E-state index contributed by atoms with van der Waals surface area (Å²) in [5.41, 5.74) is 2.37. The van der Waals surface area contributed by atoms with Crippen molar-refractivity contribution in [1.29, 1.82) is 0 Å². The lowest BCUT2D eigenvalue weighted by Gasteiger charge is -2.32. The third-order valence-corrected chi connectivity index (χ3v) is 5.87. The SMILES string of the molecule is COC(=O)C(CC(=O)C1(n2cccc2-c2ccc(C)cc2)CCCC1)C(=O)OC. The van der Waals surface area contributed by atoms with E-state index in [1.807, 2.05) is 54.1 Å². The highest BCUT2D eigenvalue weighted by Crippen LogP contribution is 2.42. The minimum atomic E-state index is -1.24. The van der Waals surface area contributed by atoms with Gasteiger partial charge in [-0.3, -0.25) is 14.4 Å². The van der Waals surface area contributed by atoms with Gasteiger partial charge in [0, 0.05) is 18.3 Å². The Hall–Kier alpha value is -2.89. The number of ketones is 1. The Balaban J connectivity index is 1.98. The second-order valence-corrected chi connectivity index (χ2v) is 7.59. The molecular weight excluding hydrogens is 370 g/mol. The van der Waals surface area contributed by atoms with Crippen molar-refractivity contribution in [3.05, 3.63) is 48.2 Å². The van der Waals surface area contributed by atoms with Crippen molar-refractivity contribution in [2.24, 2.45) is 5.92 Å². The van der Waals surface area contributed by atoms with E-state index in [9.17, 15) is 14.4 Å². The normalized spacial score (nSPS) is 15.3. The molecule has 1 aromatic heterocycles. The van der Waals surface area contributed by atoms with Crippen LogP contribution in [0.5, 0.6) is 0 Å². The lowest BCUT2D eigenvalue weighted by molar-refractivity contribution is -0.161. The van der Waals surface area contributed by atoms with Crippen LogP contribution >= 0.6 is 0 Å². The number of methoxy groups -OCH3 is 2. The van der Waals surface area contributed by atoms with Crippen LogP contribution in [0.4, 0.5) is 0 Å². The number of carbonyl (C=O) groups is 3. The highest BCUT2D eigenvalue weighted by atomic mass is 16.5. The average molecular weight is 397 g/mol. The maximum atomic E-state index is 13.5. The maximum Gasteiger partial charge on any atom is 0.320 e. The summed E-state index contributed by atoms with van der Waals surface area (Å²) in [5.74, 6) is -2.87. The van der Waals surface area contributed by atoms with Gasteiger partial charge < -0.3 is 14.0 Å². The molecule has 6 nitrogen and oxygen atoms in total. The zero-order valence-corrected chi connectivity index (χ0v) is 17.1. The molecule has 0 radical (unpaired) electrons. The minimum absolute atomic E-state index is 0.139. The molecule has 1 fully saturated rings. The molecule has 1 saturated carbocycles. The Morgan fingerprint density at radius 3 is 2.14 bits per heavy atom. The largest absolute Gasteiger partial charge is 0.468 e. The number of benzene rings is 1. The molecule has 1 heterocycles. The summed E-state index contributed by atoms with van der Waals surface area (Å²) in [6, 6.07) is 12.1. The smallest absolute Gasteiger partial charge is 0.320 e. The molecule has 1 aliphatic rings. The second kappa shape index (κ2) is 8.64. The van der Waals surface area contributed by atoms with Crippen molar-refractivity contribution in [2.75, 3.05) is 14.2 Å². The quantitative estimate of drug-likeness (QED) is 0.527. The molecular formula is C23H27NO5. The van der Waals surface area contributed by atoms with E-state index in [1.165, 1.54) is 14.2 Å². The van der Waals surface area contributed by atoms with Gasteiger partial charge in [-0.25, -0.2) is 0 Å². The fourth-order valence-corrected chi connectivity index (χ4v) is 4.25. The van der Waals surface area contributed by atoms with Gasteiger partial charge >= 0.3 is 11.9 Å². The number of hydrogen-bond donors (Lipinski definition) is 0. The van der Waals surface area contributed by atoms with E-state index in [1.54, 1.807) is 0 Å². The predicted molar refractivity (Wildman–Crippen MR) is 108 cm³/mol. The van der Waals surface area contributed by atoms with Crippen molar-refractivity contribution >= 4 is 17.7 Å². The summed E-state index contributed by atoms with van der Waals surface area (Å²) >= 11 is 0. The number of esters is 2. The number of rotatable bonds is 7. The molecule has 1 aromatic carbocycles. The summed E-state index contributed by atoms with van der Waals surface area (Å²) in [4.78, 5) is 37.7. The number of aromatic nitrogens is 1. The Morgan fingerprint density at radius 1 is 1.00 bits per heavy atom. The Labute approximate surface area is 170 Å². The summed E-state index contributed by atoms with van der Waals surface area (Å²) in [6.07, 6.45) is 4.87. The molecule has 0 N–H and O–H groups in total. The number of carbonyl (C=O) groups excluding carboxylic acids is 3. The molecule has 0 atom stereocenters. The number of Topliss-reactive ketones (excluding diaryl/α,β-unsaturated/α-hetero) is 1. The number of aryl methyl sites for hydroxylation is 1. The zero-order chi connectivity index (χ0) is 21.0. The van der Waals surface area contributed by atoms with E-state index >= 15 is 0 Å². The summed E-state index contributed by atoms with van der Waals surface area (Å²) in [7, 11) is 2.41. The minimum Gasteiger partial charge on any atom is -0.468 e. The molecule has 6 heteroatoms. The van der Waals surface area contributed by atoms with Crippen LogP contribution in [-0.4, -0.2) is 36.5 Å². The third-order valence-electron chi connectivity index (χ3n) is 5.87. The molecule has 0 aliphatic heterocycles. The Morgan fingerprint density at radius 2 is 1.59 bits per heavy atom. The zero-order valence-electron chi connectivity index (χ0n) is 17.1. The maximum absolute atomic E-state index is 13.5. The fraction of sp³-hybridized carbons (Fsp3) is 0.435. The molecule has 3 rings (SSSR count). The highest BCUT2D eigenvalue weighted by Gasteiger charge is 2.46. The second-order valence-electron chi connectivity index (χ2n) is 7.59. The van der Waals surface area contributed by atoms with Crippen molar-refractivity contribution in [3.63, 3.8) is 0 Å². The average Bonchev–Trinajstić information content (AvgIpc) is 3.41. The van der Waals surface area contributed by atoms with Gasteiger partial charge in [-0.1, -0.05) is 42.7 Å². The van der Waals surface area contributed by atoms with Gasteiger partial charge in [0.2, 0.25) is 0 Å². The first-order valence-corrected chi connectivity index (χ1v) is 9.87. The van der Waals surface area contributed by atoms with Gasteiger partial charge in [0.05, 0.1) is 14.2 Å². The molecule has 154 valence electrons. The molecule has 0 spiro atoms. The topological polar surface area (TPSA) is 74.6 Å². The number of hydrogen-bond acceptors (Lipinski definition) is 5. The van der Waals surface area contributed by atoms with Crippen LogP contribution < -0.4 is 0 Å². The molecule has 1 aliphatic carbocycles. The lowest BCUT2D eigenvalue weighted by atomic mass is 9.85. The van der Waals surface area contributed by atoms with Gasteiger partial charge in [-0.15, -0.1) is 0 Å². The first-order valence-electron chi connectivity index (χ1n) is 9.87. The summed E-state index contributed by atoms with van der Waals surface area (Å²) in [6.45, 7) is 2.03. The molecule has 2 aromatic rings. The van der Waals surface area contributed by atoms with E-state index in [0.29, 0.717) is 12.8 Å². The molecule has 0 bridgehead atoms. The fourth-order valence-electron chi connectivity index (χ4n) is 4.25. The molecule has 29 heavy (non-hydrogen) atoms. The van der Waals surface area contributed by atoms with Crippen molar-refractivity contribution in [2.45, 2.75) is 44.6 Å². The number of ether oxygens (including phenoxy) is 2. The highest BCUT2D eigenvalue weighted by molar-refractivity contribution is 6.01. The van der Waals surface area contributed by atoms with E-state index in [-0.39, 0.29) is 12.2 Å². The monoisotopic (exact) mass is 397 g/mol. The Kier molecular flexibility index (Phi) is 6.20. The van der Waals surface area contributed by atoms with Gasteiger partial charge in [-0.2, -0.15) is 0 Å². The third kappa shape index (κ3) is 3.97. The number of nitrogens with zero attached hydrogens (tertiary/aromatic N) is 1. The van der Waals surface area contributed by atoms with Gasteiger partial charge in [0.25, 0.3) is 0 Å². The van der Waals surface area contributed by atoms with Gasteiger partial charge in [-0.05, 0) is 37.5 Å². The lowest BCUT2D eigenvalue weighted by Crippen LogP contribution is -2.42.